The van der Waals surface area contributed by atoms with Gasteiger partial charge in [-0.2, -0.15) is 0 Å². The van der Waals surface area contributed by atoms with E-state index in [2.05, 4.69) is 66.1 Å². The highest BCUT2D eigenvalue weighted by atomic mass is 16.5. The minimum atomic E-state index is -1.26. The van der Waals surface area contributed by atoms with E-state index in [0.29, 0.717) is 18.1 Å². The van der Waals surface area contributed by atoms with Crippen molar-refractivity contribution in [2.75, 3.05) is 19.6 Å². The van der Waals surface area contributed by atoms with Crippen molar-refractivity contribution in [1.82, 2.24) is 4.90 Å². The SMILES string of the molecule is C=CCN1CC[C@@]2(c3ccccc3)Oc3ccccc3[C@H]2C1.O=C(O)C=CC(=O)O. The second kappa shape index (κ2) is 9.41. The maximum atomic E-state index is 9.55. The van der Waals surface area contributed by atoms with Gasteiger partial charge in [-0.15, -0.1) is 6.58 Å². The topological polar surface area (TPSA) is 87.1 Å². The molecule has 2 heterocycles. The molecule has 2 aromatic rings. The van der Waals surface area contributed by atoms with Gasteiger partial charge in [0.05, 0.1) is 0 Å². The highest BCUT2D eigenvalue weighted by Gasteiger charge is 2.52. The summed E-state index contributed by atoms with van der Waals surface area (Å²) in [6.45, 7) is 6.91. The van der Waals surface area contributed by atoms with Crippen LogP contribution >= 0.6 is 0 Å². The minimum Gasteiger partial charge on any atom is -0.482 e. The number of rotatable bonds is 5. The molecule has 2 N–H and O–H groups in total. The molecule has 0 spiro atoms. The zero-order valence-electron chi connectivity index (χ0n) is 16.6. The number of aliphatic carboxylic acids is 2. The smallest absolute Gasteiger partial charge is 0.328 e. The summed E-state index contributed by atoms with van der Waals surface area (Å²) in [6, 6.07) is 19.2. The van der Waals surface area contributed by atoms with Gasteiger partial charge in [-0.25, -0.2) is 9.59 Å². The van der Waals surface area contributed by atoms with Crippen LogP contribution in [0.1, 0.15) is 23.5 Å². The highest BCUT2D eigenvalue weighted by Crippen LogP contribution is 2.54. The molecule has 0 saturated carbocycles. The zero-order chi connectivity index (χ0) is 21.6. The standard InChI is InChI=1S/C20H21NO.C4H4O4/c1-2-13-21-14-12-20(16-8-4-3-5-9-16)18(15-21)17-10-6-7-11-19(17)22-20;5-3(6)1-2-4(7)8/h2-11,18H,1,12-15H2;1-2H,(H,5,6)(H,7,8)/t18-,20+;/m1./s1. The first kappa shape index (κ1) is 21.3. The van der Waals surface area contributed by atoms with Crippen molar-refractivity contribution in [2.45, 2.75) is 17.9 Å². The van der Waals surface area contributed by atoms with Crippen molar-refractivity contribution in [3.05, 3.63) is 90.5 Å². The maximum absolute atomic E-state index is 9.55. The fraction of sp³-hybridized carbons (Fsp3) is 0.250. The molecule has 4 rings (SSSR count). The molecule has 0 radical (unpaired) electrons. The molecular formula is C24H25NO5. The average molecular weight is 407 g/mol. The second-order valence-electron chi connectivity index (χ2n) is 7.26. The monoisotopic (exact) mass is 407 g/mol. The highest BCUT2D eigenvalue weighted by molar-refractivity contribution is 5.89. The number of para-hydroxylation sites is 1. The first-order valence-corrected chi connectivity index (χ1v) is 9.77. The first-order chi connectivity index (χ1) is 14.5. The van der Waals surface area contributed by atoms with Gasteiger partial charge >= 0.3 is 11.9 Å². The van der Waals surface area contributed by atoms with E-state index in [1.165, 1.54) is 11.1 Å². The lowest BCUT2D eigenvalue weighted by molar-refractivity contribution is -0.134. The summed E-state index contributed by atoms with van der Waals surface area (Å²) in [4.78, 5) is 21.6. The molecule has 1 fully saturated rings. The Hall–Kier alpha value is -3.38. The largest absolute Gasteiger partial charge is 0.482 e. The third kappa shape index (κ3) is 4.60. The summed E-state index contributed by atoms with van der Waals surface area (Å²) in [7, 11) is 0. The van der Waals surface area contributed by atoms with Crippen molar-refractivity contribution in [2.24, 2.45) is 0 Å². The molecule has 6 nitrogen and oxygen atoms in total. The Morgan fingerprint density at radius 2 is 1.70 bits per heavy atom. The van der Waals surface area contributed by atoms with E-state index in [-0.39, 0.29) is 5.60 Å². The van der Waals surface area contributed by atoms with Gasteiger partial charge in [0.1, 0.15) is 11.4 Å². The number of fused-ring (bicyclic) bond motifs is 3. The van der Waals surface area contributed by atoms with Crippen LogP contribution in [0.4, 0.5) is 0 Å². The molecule has 0 aliphatic carbocycles. The molecular weight excluding hydrogens is 382 g/mol. The number of nitrogens with zero attached hydrogens (tertiary/aromatic N) is 1. The summed E-state index contributed by atoms with van der Waals surface area (Å²) in [5.41, 5.74) is 2.44. The fourth-order valence-electron chi connectivity index (χ4n) is 4.14. The molecule has 0 unspecified atom stereocenters. The van der Waals surface area contributed by atoms with Gasteiger partial charge in [-0.05, 0) is 11.6 Å². The lowest BCUT2D eigenvalue weighted by atomic mass is 9.74. The van der Waals surface area contributed by atoms with Gasteiger partial charge in [0.2, 0.25) is 0 Å². The number of hydrogen-bond donors (Lipinski definition) is 2. The predicted octanol–water partition coefficient (Wildman–Crippen LogP) is 3.66. The molecule has 0 bridgehead atoms. The number of carbonyl (C=O) groups is 2. The molecule has 2 atom stereocenters. The van der Waals surface area contributed by atoms with Crippen LogP contribution in [0.15, 0.2) is 79.4 Å². The van der Waals surface area contributed by atoms with Crippen molar-refractivity contribution >= 4 is 11.9 Å². The molecule has 156 valence electrons. The van der Waals surface area contributed by atoms with Crippen LogP contribution in [0.2, 0.25) is 0 Å². The van der Waals surface area contributed by atoms with Crippen LogP contribution < -0.4 is 4.74 Å². The number of piperidine rings is 1. The number of hydrogen-bond acceptors (Lipinski definition) is 4. The molecule has 2 aromatic carbocycles. The summed E-state index contributed by atoms with van der Waals surface area (Å²) < 4.78 is 6.56. The lowest BCUT2D eigenvalue weighted by Crippen LogP contribution is -2.48. The van der Waals surface area contributed by atoms with E-state index >= 15 is 0 Å². The summed E-state index contributed by atoms with van der Waals surface area (Å²) in [6.07, 6.45) is 4.13. The Bertz CT molecular complexity index is 924. The zero-order valence-corrected chi connectivity index (χ0v) is 16.6. The van der Waals surface area contributed by atoms with Gasteiger partial charge in [-0.1, -0.05) is 54.6 Å². The van der Waals surface area contributed by atoms with Crippen LogP contribution in [0, 0.1) is 0 Å². The molecule has 30 heavy (non-hydrogen) atoms. The normalized spacial score (nSPS) is 22.2. The van der Waals surface area contributed by atoms with Crippen LogP contribution in [0.5, 0.6) is 5.75 Å². The molecule has 6 heteroatoms. The Morgan fingerprint density at radius 3 is 2.33 bits per heavy atom. The Kier molecular flexibility index (Phi) is 6.69. The van der Waals surface area contributed by atoms with Crippen LogP contribution in [-0.2, 0) is 15.2 Å². The van der Waals surface area contributed by atoms with E-state index in [0.717, 1.165) is 31.8 Å². The van der Waals surface area contributed by atoms with E-state index in [1.54, 1.807) is 0 Å². The van der Waals surface area contributed by atoms with Crippen LogP contribution in [0.25, 0.3) is 0 Å². The predicted molar refractivity (Wildman–Crippen MR) is 114 cm³/mol. The van der Waals surface area contributed by atoms with E-state index in [1.807, 2.05) is 6.08 Å². The number of benzene rings is 2. The van der Waals surface area contributed by atoms with E-state index in [9.17, 15) is 9.59 Å². The molecule has 2 aliphatic rings. The number of carboxylic acid groups (broad SMARTS) is 2. The average Bonchev–Trinajstić information content (AvgIpc) is 3.09. The molecule has 0 aromatic heterocycles. The van der Waals surface area contributed by atoms with Gasteiger partial charge in [0, 0.05) is 49.7 Å². The van der Waals surface area contributed by atoms with Gasteiger partial charge in [0.25, 0.3) is 0 Å². The van der Waals surface area contributed by atoms with Gasteiger partial charge in [0.15, 0.2) is 0 Å². The van der Waals surface area contributed by atoms with E-state index < -0.39 is 11.9 Å². The van der Waals surface area contributed by atoms with E-state index in [4.69, 9.17) is 14.9 Å². The lowest BCUT2D eigenvalue weighted by Gasteiger charge is -2.43. The van der Waals surface area contributed by atoms with Crippen molar-refractivity contribution in [1.29, 1.82) is 0 Å². The van der Waals surface area contributed by atoms with Gasteiger partial charge < -0.3 is 14.9 Å². The number of likely N-dealkylation sites (tertiary alicyclic amines) is 1. The Labute approximate surface area is 175 Å². The quantitative estimate of drug-likeness (QED) is 0.581. The summed E-state index contributed by atoms with van der Waals surface area (Å²) >= 11 is 0. The number of ether oxygens (including phenoxy) is 1. The maximum Gasteiger partial charge on any atom is 0.328 e. The van der Waals surface area contributed by atoms with Crippen molar-refractivity contribution in [3.63, 3.8) is 0 Å². The van der Waals surface area contributed by atoms with Crippen molar-refractivity contribution in [3.8, 4) is 5.75 Å². The first-order valence-electron chi connectivity index (χ1n) is 9.77. The van der Waals surface area contributed by atoms with Crippen LogP contribution in [-0.4, -0.2) is 46.7 Å². The summed E-state index contributed by atoms with van der Waals surface area (Å²) in [5, 5.41) is 15.6. The Balaban J connectivity index is 0.000000275. The molecule has 1 saturated heterocycles. The fourth-order valence-corrected chi connectivity index (χ4v) is 4.14. The second-order valence-corrected chi connectivity index (χ2v) is 7.26. The molecule has 2 aliphatic heterocycles. The Morgan fingerprint density at radius 1 is 1.07 bits per heavy atom. The van der Waals surface area contributed by atoms with Crippen LogP contribution in [0.3, 0.4) is 0 Å². The third-order valence-corrected chi connectivity index (χ3v) is 5.41. The third-order valence-electron chi connectivity index (χ3n) is 5.41. The number of carboxylic acids is 2. The summed E-state index contributed by atoms with van der Waals surface area (Å²) in [5.74, 6) is -1.07. The molecule has 0 amide bonds. The van der Waals surface area contributed by atoms with Gasteiger partial charge in [-0.3, -0.25) is 4.90 Å². The minimum absolute atomic E-state index is 0.206. The van der Waals surface area contributed by atoms with Crippen molar-refractivity contribution < 1.29 is 24.5 Å².